The molecule has 126 valence electrons. The molecule has 3 rings (SSSR count). The van der Waals surface area contributed by atoms with Gasteiger partial charge in [-0.3, -0.25) is 4.79 Å². The van der Waals surface area contributed by atoms with E-state index in [9.17, 15) is 4.79 Å². The lowest BCUT2D eigenvalue weighted by Gasteiger charge is -2.06. The first kappa shape index (κ1) is 16.5. The summed E-state index contributed by atoms with van der Waals surface area (Å²) in [5.41, 5.74) is 8.86. The number of unbranched alkanes of at least 4 members (excludes halogenated alkanes) is 3. The summed E-state index contributed by atoms with van der Waals surface area (Å²) in [6.07, 6.45) is 4.22. The fourth-order valence-electron chi connectivity index (χ4n) is 3.04. The number of nitrogens with two attached hydrogens (primary N) is 1. The summed E-state index contributed by atoms with van der Waals surface area (Å²) in [4.78, 5) is 20.2. The van der Waals surface area contributed by atoms with Gasteiger partial charge in [0.2, 0.25) is 0 Å². The van der Waals surface area contributed by atoms with Crippen LogP contribution in [0.5, 0.6) is 0 Å². The number of para-hydroxylation sites is 1. The summed E-state index contributed by atoms with van der Waals surface area (Å²) in [5, 5.41) is 5.13. The Balaban J connectivity index is 1.75. The third kappa shape index (κ3) is 3.41. The van der Waals surface area contributed by atoms with E-state index in [0.717, 1.165) is 59.7 Å². The number of hydrogen-bond acceptors (Lipinski definition) is 3. The molecule has 0 bridgehead atoms. The Labute approximate surface area is 141 Å². The first-order chi connectivity index (χ1) is 11.7. The molecule has 0 spiro atoms. The number of nitrogens with zero attached hydrogens (tertiary/aromatic N) is 1. The number of carbonyl (C=O) groups excluding carboxylic acids is 1. The fraction of sp³-hybridized carbons (Fsp3) is 0.368. The van der Waals surface area contributed by atoms with Crippen molar-refractivity contribution >= 4 is 27.7 Å². The van der Waals surface area contributed by atoms with Gasteiger partial charge >= 0.3 is 0 Å². The number of H-pyrrole nitrogens is 1. The highest BCUT2D eigenvalue weighted by atomic mass is 16.1. The number of fused-ring (bicyclic) bond motifs is 3. The zero-order chi connectivity index (χ0) is 16.9. The lowest BCUT2D eigenvalue weighted by Crippen LogP contribution is -2.25. The zero-order valence-corrected chi connectivity index (χ0v) is 14.1. The van der Waals surface area contributed by atoms with Crippen molar-refractivity contribution in [2.75, 3.05) is 13.1 Å². The summed E-state index contributed by atoms with van der Waals surface area (Å²) in [7, 11) is 0. The summed E-state index contributed by atoms with van der Waals surface area (Å²) < 4.78 is 0. The zero-order valence-electron chi connectivity index (χ0n) is 14.1. The average Bonchev–Trinajstić information content (AvgIpc) is 2.97. The van der Waals surface area contributed by atoms with Crippen molar-refractivity contribution in [2.45, 2.75) is 32.6 Å². The number of aryl methyl sites for hydroxylation is 1. The molecule has 0 aliphatic carbocycles. The van der Waals surface area contributed by atoms with Gasteiger partial charge in [0.05, 0.1) is 11.2 Å². The summed E-state index contributed by atoms with van der Waals surface area (Å²) in [6.45, 7) is 3.34. The largest absolute Gasteiger partial charge is 0.353 e. The number of aromatic amines is 1. The van der Waals surface area contributed by atoms with Gasteiger partial charge in [-0.25, -0.2) is 4.98 Å². The van der Waals surface area contributed by atoms with Crippen molar-refractivity contribution in [1.29, 1.82) is 0 Å². The molecular formula is C19H24N4O. The molecule has 0 aliphatic heterocycles. The Morgan fingerprint density at radius 1 is 1.17 bits per heavy atom. The van der Waals surface area contributed by atoms with Gasteiger partial charge in [0.25, 0.3) is 5.91 Å². The topological polar surface area (TPSA) is 83.8 Å². The van der Waals surface area contributed by atoms with Gasteiger partial charge in [-0.15, -0.1) is 0 Å². The van der Waals surface area contributed by atoms with Crippen LogP contribution in [-0.4, -0.2) is 29.0 Å². The van der Waals surface area contributed by atoms with E-state index in [1.54, 1.807) is 0 Å². The second kappa shape index (κ2) is 7.45. The second-order valence-electron chi connectivity index (χ2n) is 6.14. The molecule has 5 heteroatoms. The molecule has 5 nitrogen and oxygen atoms in total. The third-order valence-electron chi connectivity index (χ3n) is 4.33. The minimum Gasteiger partial charge on any atom is -0.353 e. The standard InChI is InChI=1S/C19H24N4O/c1-13-18-15(14-8-4-5-9-16(14)23-18)12-17(22-13)19(24)21-11-7-3-2-6-10-20/h4-5,8-9,12,23H,2-3,6-7,10-11,20H2,1H3,(H,21,24). The molecule has 0 atom stereocenters. The van der Waals surface area contributed by atoms with Gasteiger partial charge < -0.3 is 16.0 Å². The van der Waals surface area contributed by atoms with Gasteiger partial charge in [-0.1, -0.05) is 31.0 Å². The first-order valence-electron chi connectivity index (χ1n) is 8.57. The van der Waals surface area contributed by atoms with Gasteiger partial charge in [0.1, 0.15) is 5.69 Å². The van der Waals surface area contributed by atoms with Crippen LogP contribution in [0.3, 0.4) is 0 Å². The molecule has 0 saturated heterocycles. The molecule has 0 saturated carbocycles. The highest BCUT2D eigenvalue weighted by Gasteiger charge is 2.13. The Morgan fingerprint density at radius 3 is 2.79 bits per heavy atom. The summed E-state index contributed by atoms with van der Waals surface area (Å²) in [5.74, 6) is -0.107. The van der Waals surface area contributed by atoms with E-state index in [-0.39, 0.29) is 5.91 Å². The predicted molar refractivity (Wildman–Crippen MR) is 98.2 cm³/mol. The summed E-state index contributed by atoms with van der Waals surface area (Å²) >= 11 is 0. The molecule has 3 aromatic rings. The number of pyridine rings is 1. The van der Waals surface area contributed by atoms with Crippen LogP contribution in [0.4, 0.5) is 0 Å². The van der Waals surface area contributed by atoms with Crippen LogP contribution in [-0.2, 0) is 0 Å². The molecular weight excluding hydrogens is 300 g/mol. The minimum atomic E-state index is -0.107. The first-order valence-corrected chi connectivity index (χ1v) is 8.57. The number of hydrogen-bond donors (Lipinski definition) is 3. The highest BCUT2D eigenvalue weighted by Crippen LogP contribution is 2.27. The molecule has 0 radical (unpaired) electrons. The molecule has 4 N–H and O–H groups in total. The molecule has 2 aromatic heterocycles. The lowest BCUT2D eigenvalue weighted by atomic mass is 10.1. The SMILES string of the molecule is Cc1nc(C(=O)NCCCCCCN)cc2c1[nH]c1ccccc12. The molecule has 24 heavy (non-hydrogen) atoms. The number of amides is 1. The maximum atomic E-state index is 12.4. The van der Waals surface area contributed by atoms with Crippen LogP contribution in [0.1, 0.15) is 41.9 Å². The molecule has 2 heterocycles. The molecule has 0 unspecified atom stereocenters. The van der Waals surface area contributed by atoms with E-state index in [1.807, 2.05) is 31.2 Å². The highest BCUT2D eigenvalue weighted by molar-refractivity contribution is 6.10. The Bertz CT molecular complexity index is 853. The number of benzene rings is 1. The number of rotatable bonds is 7. The van der Waals surface area contributed by atoms with Gasteiger partial charge in [0, 0.05) is 22.8 Å². The number of carbonyl (C=O) groups is 1. The number of aromatic nitrogens is 2. The van der Waals surface area contributed by atoms with Crippen molar-refractivity contribution in [3.63, 3.8) is 0 Å². The van der Waals surface area contributed by atoms with E-state index in [1.165, 1.54) is 0 Å². The smallest absolute Gasteiger partial charge is 0.269 e. The molecule has 1 amide bonds. The molecule has 1 aromatic carbocycles. The Hall–Kier alpha value is -2.40. The quantitative estimate of drug-likeness (QED) is 0.583. The van der Waals surface area contributed by atoms with Crippen molar-refractivity contribution in [2.24, 2.45) is 5.73 Å². The van der Waals surface area contributed by atoms with Gasteiger partial charge in [-0.2, -0.15) is 0 Å². The minimum absolute atomic E-state index is 0.107. The van der Waals surface area contributed by atoms with Crippen LogP contribution in [0.15, 0.2) is 30.3 Å². The van der Waals surface area contributed by atoms with Crippen molar-refractivity contribution < 1.29 is 4.79 Å². The van der Waals surface area contributed by atoms with Crippen LogP contribution >= 0.6 is 0 Å². The Morgan fingerprint density at radius 2 is 1.96 bits per heavy atom. The maximum absolute atomic E-state index is 12.4. The summed E-state index contributed by atoms with van der Waals surface area (Å²) in [6, 6.07) is 9.98. The van der Waals surface area contributed by atoms with Crippen LogP contribution in [0.25, 0.3) is 21.8 Å². The van der Waals surface area contributed by atoms with Crippen LogP contribution in [0.2, 0.25) is 0 Å². The monoisotopic (exact) mass is 324 g/mol. The maximum Gasteiger partial charge on any atom is 0.269 e. The van der Waals surface area contributed by atoms with Crippen LogP contribution in [0, 0.1) is 6.92 Å². The molecule has 0 fully saturated rings. The van der Waals surface area contributed by atoms with E-state index in [2.05, 4.69) is 21.4 Å². The lowest BCUT2D eigenvalue weighted by molar-refractivity contribution is 0.0948. The van der Waals surface area contributed by atoms with Crippen LogP contribution < -0.4 is 11.1 Å². The van der Waals surface area contributed by atoms with E-state index in [0.29, 0.717) is 12.2 Å². The third-order valence-corrected chi connectivity index (χ3v) is 4.33. The number of nitrogens with one attached hydrogen (secondary N) is 2. The average molecular weight is 324 g/mol. The van der Waals surface area contributed by atoms with Crippen molar-refractivity contribution in [1.82, 2.24) is 15.3 Å². The van der Waals surface area contributed by atoms with Gasteiger partial charge in [0.15, 0.2) is 0 Å². The van der Waals surface area contributed by atoms with E-state index in [4.69, 9.17) is 5.73 Å². The van der Waals surface area contributed by atoms with E-state index >= 15 is 0 Å². The van der Waals surface area contributed by atoms with Crippen molar-refractivity contribution in [3.8, 4) is 0 Å². The normalized spacial score (nSPS) is 11.2. The van der Waals surface area contributed by atoms with E-state index < -0.39 is 0 Å². The van der Waals surface area contributed by atoms with Crippen molar-refractivity contribution in [3.05, 3.63) is 41.7 Å². The Kier molecular flexibility index (Phi) is 5.11. The molecule has 0 aliphatic rings. The fourth-order valence-corrected chi connectivity index (χ4v) is 3.04. The second-order valence-corrected chi connectivity index (χ2v) is 6.14. The predicted octanol–water partition coefficient (Wildman–Crippen LogP) is 3.27. The van der Waals surface area contributed by atoms with Gasteiger partial charge in [-0.05, 0) is 38.4 Å².